The van der Waals surface area contributed by atoms with E-state index in [-0.39, 0.29) is 6.61 Å². The molecule has 21 heavy (non-hydrogen) atoms. The van der Waals surface area contributed by atoms with Gasteiger partial charge in [0, 0.05) is 0 Å². The van der Waals surface area contributed by atoms with Gasteiger partial charge in [-0.2, -0.15) is 0 Å². The van der Waals surface area contributed by atoms with Gasteiger partial charge in [-0.1, -0.05) is 0 Å². The number of aliphatic hydroxyl groups excluding tert-OH is 7. The van der Waals surface area contributed by atoms with Crippen molar-refractivity contribution in [3.63, 3.8) is 0 Å². The van der Waals surface area contributed by atoms with Gasteiger partial charge in [0.2, 0.25) is 0 Å². The van der Waals surface area contributed by atoms with Crippen molar-refractivity contribution < 1.29 is 50.0 Å². The Hall–Kier alpha value is -0.400. The molecule has 2 saturated heterocycles. The lowest BCUT2D eigenvalue weighted by Gasteiger charge is -2.43. The van der Waals surface area contributed by atoms with Gasteiger partial charge in [-0.15, -0.1) is 0 Å². The zero-order chi connectivity index (χ0) is 15.7. The molecule has 0 radical (unpaired) electrons. The summed E-state index contributed by atoms with van der Waals surface area (Å²) in [6, 6.07) is 0. The normalized spacial score (nSPS) is 51.9. The quantitative estimate of drug-likeness (QED) is 0.268. The first-order valence-electron chi connectivity index (χ1n) is 6.48. The zero-order valence-electron chi connectivity index (χ0n) is 11.0. The van der Waals surface area contributed by atoms with E-state index in [0.29, 0.717) is 0 Å². The highest BCUT2D eigenvalue weighted by Gasteiger charge is 2.48. The highest BCUT2D eigenvalue weighted by atomic mass is 16.7. The van der Waals surface area contributed by atoms with Crippen LogP contribution < -0.4 is 0 Å². The molecule has 2 rings (SSSR count). The van der Waals surface area contributed by atoms with Gasteiger partial charge in [0.15, 0.2) is 12.6 Å². The van der Waals surface area contributed by atoms with Gasteiger partial charge in [-0.3, -0.25) is 0 Å². The van der Waals surface area contributed by atoms with Gasteiger partial charge in [-0.25, -0.2) is 0 Å². The third-order valence-corrected chi connectivity index (χ3v) is 3.59. The Labute approximate surface area is 119 Å². The molecule has 124 valence electrons. The van der Waals surface area contributed by atoms with E-state index in [2.05, 4.69) is 4.74 Å². The topological polar surface area (TPSA) is 169 Å². The first-order chi connectivity index (χ1) is 9.86. The molecule has 10 heteroatoms. The van der Waals surface area contributed by atoms with E-state index in [9.17, 15) is 30.6 Å². The predicted octanol–water partition coefficient (Wildman–Crippen LogP) is -4.76. The molecule has 0 saturated carbocycles. The van der Waals surface area contributed by atoms with Crippen LogP contribution in [0.1, 0.15) is 0 Å². The van der Waals surface area contributed by atoms with Crippen LogP contribution in [0.3, 0.4) is 0 Å². The van der Waals surface area contributed by atoms with E-state index in [1.807, 2.05) is 0 Å². The number of hydrogen-bond donors (Lipinski definition) is 7. The van der Waals surface area contributed by atoms with Gasteiger partial charge in [0.25, 0.3) is 0 Å². The maximum Gasteiger partial charge on any atom is 0.187 e. The van der Waals surface area contributed by atoms with Gasteiger partial charge < -0.3 is 50.0 Å². The van der Waals surface area contributed by atoms with Crippen LogP contribution in [-0.2, 0) is 14.2 Å². The first kappa shape index (κ1) is 17.0. The molecular weight excluding hydrogens is 292 g/mol. The summed E-state index contributed by atoms with van der Waals surface area (Å²) >= 11 is 0. The Bertz CT molecular complexity index is 339. The molecule has 0 aromatic heterocycles. The van der Waals surface area contributed by atoms with Crippen molar-refractivity contribution in [2.24, 2.45) is 0 Å². The number of rotatable bonds is 3. The monoisotopic (exact) mass is 312 g/mol. The van der Waals surface area contributed by atoms with E-state index in [1.54, 1.807) is 0 Å². The summed E-state index contributed by atoms with van der Waals surface area (Å²) in [5, 5.41) is 66.8. The number of hydrogen-bond acceptors (Lipinski definition) is 10. The van der Waals surface area contributed by atoms with Crippen LogP contribution in [-0.4, -0.2) is 104 Å². The molecule has 10 nitrogen and oxygen atoms in total. The van der Waals surface area contributed by atoms with E-state index >= 15 is 0 Å². The lowest BCUT2D eigenvalue weighted by molar-refractivity contribution is -0.345. The average Bonchev–Trinajstić information content (AvgIpc) is 2.47. The fourth-order valence-electron chi connectivity index (χ4n) is 2.29. The van der Waals surface area contributed by atoms with Crippen molar-refractivity contribution in [2.75, 3.05) is 13.2 Å². The summed E-state index contributed by atoms with van der Waals surface area (Å²) in [4.78, 5) is 0. The van der Waals surface area contributed by atoms with Crippen molar-refractivity contribution >= 4 is 0 Å². The molecular formula is C11H20O10. The largest absolute Gasteiger partial charge is 0.394 e. The number of aliphatic hydroxyl groups is 7. The number of ether oxygens (including phenoxy) is 3. The molecule has 2 aliphatic rings. The van der Waals surface area contributed by atoms with Crippen LogP contribution in [0, 0.1) is 0 Å². The van der Waals surface area contributed by atoms with Crippen molar-refractivity contribution in [1.29, 1.82) is 0 Å². The van der Waals surface area contributed by atoms with Crippen LogP contribution in [0.5, 0.6) is 0 Å². The van der Waals surface area contributed by atoms with E-state index in [1.165, 1.54) is 0 Å². The van der Waals surface area contributed by atoms with Crippen LogP contribution in [0.2, 0.25) is 0 Å². The van der Waals surface area contributed by atoms with Crippen molar-refractivity contribution in [3.05, 3.63) is 0 Å². The first-order valence-corrected chi connectivity index (χ1v) is 6.48. The molecule has 0 aromatic rings. The Morgan fingerprint density at radius 2 is 1.57 bits per heavy atom. The summed E-state index contributed by atoms with van der Waals surface area (Å²) in [5.74, 6) is 0. The average molecular weight is 312 g/mol. The second-order valence-corrected chi connectivity index (χ2v) is 5.08. The van der Waals surface area contributed by atoms with E-state index in [0.717, 1.165) is 0 Å². The summed E-state index contributed by atoms with van der Waals surface area (Å²) in [5.41, 5.74) is 0. The van der Waals surface area contributed by atoms with Gasteiger partial charge in [0.05, 0.1) is 13.2 Å². The fourth-order valence-corrected chi connectivity index (χ4v) is 2.29. The zero-order valence-corrected chi connectivity index (χ0v) is 11.0. The predicted molar refractivity (Wildman–Crippen MR) is 62.6 cm³/mol. The van der Waals surface area contributed by atoms with Crippen molar-refractivity contribution in [1.82, 2.24) is 0 Å². The minimum absolute atomic E-state index is 0.305. The fraction of sp³-hybridized carbons (Fsp3) is 1.00. The second kappa shape index (κ2) is 6.79. The van der Waals surface area contributed by atoms with Crippen LogP contribution in [0.25, 0.3) is 0 Å². The molecule has 9 atom stereocenters. The van der Waals surface area contributed by atoms with Crippen LogP contribution in [0.4, 0.5) is 0 Å². The third kappa shape index (κ3) is 3.35. The standard InChI is InChI=1S/C11H20O10/c12-1-4-5(14)6(15)7(16)11(20-4)21-9-3(13)2-19-10(18)8(9)17/h3-18H,1-2H2/t3-,4-,5-,6+,7-,8+,9+,10?,11-/m1/s1. The van der Waals surface area contributed by atoms with E-state index < -0.39 is 61.9 Å². The summed E-state index contributed by atoms with van der Waals surface area (Å²) < 4.78 is 15.0. The van der Waals surface area contributed by atoms with Gasteiger partial charge in [0.1, 0.15) is 42.7 Å². The second-order valence-electron chi connectivity index (χ2n) is 5.08. The minimum atomic E-state index is -1.66. The molecule has 2 fully saturated rings. The Balaban J connectivity index is 2.06. The van der Waals surface area contributed by atoms with Crippen molar-refractivity contribution in [3.8, 4) is 0 Å². The highest BCUT2D eigenvalue weighted by Crippen LogP contribution is 2.26. The highest BCUT2D eigenvalue weighted by molar-refractivity contribution is 4.91. The lowest BCUT2D eigenvalue weighted by Crippen LogP contribution is -2.62. The summed E-state index contributed by atoms with van der Waals surface area (Å²) in [7, 11) is 0. The third-order valence-electron chi connectivity index (χ3n) is 3.59. The Kier molecular flexibility index (Phi) is 5.48. The molecule has 0 aromatic carbocycles. The van der Waals surface area contributed by atoms with Crippen LogP contribution in [0.15, 0.2) is 0 Å². The van der Waals surface area contributed by atoms with Crippen molar-refractivity contribution in [2.45, 2.75) is 55.3 Å². The molecule has 0 spiro atoms. The molecule has 0 aliphatic carbocycles. The van der Waals surface area contributed by atoms with E-state index in [4.69, 9.17) is 14.6 Å². The summed E-state index contributed by atoms with van der Waals surface area (Å²) in [6.07, 6.45) is -13.3. The molecule has 7 N–H and O–H groups in total. The minimum Gasteiger partial charge on any atom is -0.394 e. The molecule has 2 heterocycles. The maximum absolute atomic E-state index is 9.79. The SMILES string of the molecule is OC[C@H]1O[C@H](O[C@H]2[C@H](O)COC(O)[C@H]2O)[C@H](O)[C@@H](O)[C@@H]1O. The maximum atomic E-state index is 9.79. The molecule has 0 bridgehead atoms. The Morgan fingerprint density at radius 1 is 0.905 bits per heavy atom. The molecule has 1 unspecified atom stereocenters. The molecule has 2 aliphatic heterocycles. The summed E-state index contributed by atoms with van der Waals surface area (Å²) in [6.45, 7) is -0.938. The van der Waals surface area contributed by atoms with Crippen LogP contribution >= 0.6 is 0 Å². The smallest absolute Gasteiger partial charge is 0.187 e. The van der Waals surface area contributed by atoms with Gasteiger partial charge in [-0.05, 0) is 0 Å². The van der Waals surface area contributed by atoms with Gasteiger partial charge >= 0.3 is 0 Å². The Morgan fingerprint density at radius 3 is 2.19 bits per heavy atom. The lowest BCUT2D eigenvalue weighted by atomic mass is 9.98. The molecule has 0 amide bonds.